The molecule has 0 saturated heterocycles. The molecule has 0 fully saturated rings. The number of nitrogens with zero attached hydrogens (tertiary/aromatic N) is 3. The molecule has 0 amide bonds. The predicted molar refractivity (Wildman–Crippen MR) is 140 cm³/mol. The van der Waals surface area contributed by atoms with Gasteiger partial charge in [-0.2, -0.15) is 5.10 Å². The molecule has 0 aliphatic carbocycles. The highest BCUT2D eigenvalue weighted by atomic mass is 127. The lowest BCUT2D eigenvalue weighted by Gasteiger charge is -2.15. The van der Waals surface area contributed by atoms with Crippen molar-refractivity contribution in [1.82, 2.24) is 15.1 Å². The third kappa shape index (κ3) is 5.85. The lowest BCUT2D eigenvalue weighted by Crippen LogP contribution is -2.32. The highest BCUT2D eigenvalue weighted by molar-refractivity contribution is 14.0. The summed E-state index contributed by atoms with van der Waals surface area (Å²) < 4.78 is 24.3. The molecule has 0 unspecified atom stereocenters. The lowest BCUT2D eigenvalue weighted by molar-refractivity contribution is 0.174. The monoisotopic (exact) mass is 577 g/mol. The average molecular weight is 577 g/mol. The Balaban J connectivity index is 0.00000274. The fourth-order valence-electron chi connectivity index (χ4n) is 3.66. The van der Waals surface area contributed by atoms with Crippen molar-refractivity contribution in [3.8, 4) is 23.0 Å². The molecule has 1 aromatic heterocycles. The highest BCUT2D eigenvalue weighted by Crippen LogP contribution is 2.33. The van der Waals surface area contributed by atoms with E-state index in [9.17, 15) is 0 Å². The Morgan fingerprint density at radius 2 is 1.74 bits per heavy atom. The number of fused-ring (bicyclic) bond motifs is 2. The number of ether oxygens (including phenoxy) is 4. The van der Waals surface area contributed by atoms with Gasteiger partial charge in [-0.1, -0.05) is 6.07 Å². The maximum atomic E-state index is 5.82. The molecule has 3 aromatic rings. The predicted octanol–water partition coefficient (Wildman–Crippen LogP) is 3.73. The first-order chi connectivity index (χ1) is 16.2. The first-order valence-electron chi connectivity index (χ1n) is 11.0. The van der Waals surface area contributed by atoms with E-state index < -0.39 is 0 Å². The van der Waals surface area contributed by atoms with Crippen LogP contribution in [-0.4, -0.2) is 42.3 Å². The van der Waals surface area contributed by atoms with E-state index in [4.69, 9.17) is 23.9 Å². The maximum Gasteiger partial charge on any atom is 0.231 e. The third-order valence-corrected chi connectivity index (χ3v) is 5.47. The van der Waals surface area contributed by atoms with Crippen LogP contribution in [0.3, 0.4) is 0 Å². The summed E-state index contributed by atoms with van der Waals surface area (Å²) in [5.74, 6) is 3.77. The molecule has 0 spiro atoms. The van der Waals surface area contributed by atoms with Crippen LogP contribution in [0.4, 0.5) is 5.69 Å². The number of benzene rings is 2. The molecule has 2 aromatic carbocycles. The second kappa shape index (κ2) is 11.3. The van der Waals surface area contributed by atoms with Gasteiger partial charge in [0, 0.05) is 38.0 Å². The van der Waals surface area contributed by atoms with E-state index in [-0.39, 0.29) is 30.8 Å². The molecule has 5 rings (SSSR count). The molecule has 2 aliphatic heterocycles. The van der Waals surface area contributed by atoms with Crippen molar-refractivity contribution in [2.75, 3.05) is 31.9 Å². The topological polar surface area (TPSA) is 91.2 Å². The Morgan fingerprint density at radius 3 is 2.59 bits per heavy atom. The third-order valence-electron chi connectivity index (χ3n) is 5.47. The van der Waals surface area contributed by atoms with E-state index in [2.05, 4.69) is 21.8 Å². The Bertz CT molecular complexity index is 1150. The Morgan fingerprint density at radius 1 is 0.971 bits per heavy atom. The van der Waals surface area contributed by atoms with E-state index in [0.29, 0.717) is 32.3 Å². The van der Waals surface area contributed by atoms with Crippen LogP contribution >= 0.6 is 24.0 Å². The smallest absolute Gasteiger partial charge is 0.231 e. The molecule has 10 heteroatoms. The van der Waals surface area contributed by atoms with Gasteiger partial charge >= 0.3 is 0 Å². The van der Waals surface area contributed by atoms with Gasteiger partial charge in [-0.15, -0.1) is 24.0 Å². The van der Waals surface area contributed by atoms with Crippen LogP contribution in [0, 0.1) is 0 Å². The number of aromatic nitrogens is 2. The van der Waals surface area contributed by atoms with Crippen LogP contribution in [0.1, 0.15) is 17.7 Å². The minimum atomic E-state index is 0. The summed E-state index contributed by atoms with van der Waals surface area (Å²) in [5, 5.41) is 11.0. The fourth-order valence-corrected chi connectivity index (χ4v) is 3.66. The molecule has 34 heavy (non-hydrogen) atoms. The molecule has 3 heterocycles. The summed E-state index contributed by atoms with van der Waals surface area (Å²) in [5.41, 5.74) is 3.05. The first-order valence-corrected chi connectivity index (χ1v) is 11.0. The van der Waals surface area contributed by atoms with Gasteiger partial charge in [-0.05, 0) is 42.3 Å². The summed E-state index contributed by atoms with van der Waals surface area (Å²) in [4.78, 5) is 4.76. The summed E-state index contributed by atoms with van der Waals surface area (Å²) >= 11 is 0. The summed E-state index contributed by atoms with van der Waals surface area (Å²) in [6, 6.07) is 13.8. The van der Waals surface area contributed by atoms with Crippen molar-refractivity contribution >= 4 is 35.6 Å². The van der Waals surface area contributed by atoms with Gasteiger partial charge in [0.15, 0.2) is 29.0 Å². The van der Waals surface area contributed by atoms with Crippen LogP contribution in [0.15, 0.2) is 53.7 Å². The van der Waals surface area contributed by atoms with Gasteiger partial charge in [-0.3, -0.25) is 4.68 Å². The second-order valence-corrected chi connectivity index (χ2v) is 7.81. The fraction of sp³-hybridized carbons (Fsp3) is 0.333. The van der Waals surface area contributed by atoms with Crippen molar-refractivity contribution in [3.63, 3.8) is 0 Å². The van der Waals surface area contributed by atoms with Crippen LogP contribution in [0.2, 0.25) is 0 Å². The quantitative estimate of drug-likeness (QED) is 0.262. The zero-order valence-electron chi connectivity index (χ0n) is 19.0. The minimum absolute atomic E-state index is 0. The van der Waals surface area contributed by atoms with Gasteiger partial charge in [0.1, 0.15) is 0 Å². The largest absolute Gasteiger partial charge is 0.490 e. The molecule has 0 atom stereocenters. The SMILES string of the molecule is Cn1nccc1CN=C(NCCc1ccc2c(c1)OCO2)Nc1ccc2c(c1)OCCCO2.I. The van der Waals surface area contributed by atoms with Crippen molar-refractivity contribution in [2.45, 2.75) is 19.4 Å². The summed E-state index contributed by atoms with van der Waals surface area (Å²) in [7, 11) is 1.91. The molecule has 9 nitrogen and oxygen atoms in total. The van der Waals surface area contributed by atoms with E-state index >= 15 is 0 Å². The van der Waals surface area contributed by atoms with E-state index in [1.54, 1.807) is 6.20 Å². The van der Waals surface area contributed by atoms with Crippen LogP contribution < -0.4 is 29.6 Å². The molecule has 2 aliphatic rings. The number of guanidine groups is 1. The zero-order valence-corrected chi connectivity index (χ0v) is 21.3. The van der Waals surface area contributed by atoms with E-state index in [0.717, 1.165) is 52.8 Å². The van der Waals surface area contributed by atoms with Crippen LogP contribution in [0.25, 0.3) is 0 Å². The average Bonchev–Trinajstić information content (AvgIpc) is 3.39. The molecule has 2 N–H and O–H groups in total. The van der Waals surface area contributed by atoms with Gasteiger partial charge in [-0.25, -0.2) is 4.99 Å². The summed E-state index contributed by atoms with van der Waals surface area (Å²) in [6.45, 7) is 2.79. The Hall–Kier alpha value is -3.15. The molecular weight excluding hydrogens is 549 g/mol. The van der Waals surface area contributed by atoms with E-state index in [1.807, 2.05) is 48.1 Å². The normalized spacial score (nSPS) is 14.2. The Kier molecular flexibility index (Phi) is 7.99. The highest BCUT2D eigenvalue weighted by Gasteiger charge is 2.14. The lowest BCUT2D eigenvalue weighted by atomic mass is 10.1. The number of halogens is 1. The van der Waals surface area contributed by atoms with Crippen LogP contribution in [0.5, 0.6) is 23.0 Å². The second-order valence-electron chi connectivity index (χ2n) is 7.81. The number of rotatable bonds is 6. The molecular formula is C24H28IN5O4. The standard InChI is InChI=1S/C24H27N5O4.HI/c1-29-19(8-10-27-29)15-26-24(25-9-7-17-3-5-21-22(13-17)33-16-32-21)28-18-4-6-20-23(14-18)31-12-2-11-30-20;/h3-6,8,10,13-14H,2,7,9,11-12,15-16H2,1H3,(H2,25,26,28);1H. The molecule has 0 radical (unpaired) electrons. The summed E-state index contributed by atoms with van der Waals surface area (Å²) in [6.07, 6.45) is 3.45. The number of anilines is 1. The van der Waals surface area contributed by atoms with E-state index in [1.165, 1.54) is 0 Å². The number of hydrogen-bond acceptors (Lipinski definition) is 6. The van der Waals surface area contributed by atoms with Crippen LogP contribution in [-0.2, 0) is 20.0 Å². The van der Waals surface area contributed by atoms with Crippen molar-refractivity contribution in [1.29, 1.82) is 0 Å². The van der Waals surface area contributed by atoms with Gasteiger partial charge in [0.05, 0.1) is 25.5 Å². The number of nitrogens with one attached hydrogen (secondary N) is 2. The van der Waals surface area contributed by atoms with Crippen molar-refractivity contribution in [2.24, 2.45) is 12.0 Å². The van der Waals surface area contributed by atoms with Crippen molar-refractivity contribution in [3.05, 3.63) is 59.9 Å². The Labute approximate surface area is 215 Å². The minimum Gasteiger partial charge on any atom is -0.490 e. The molecule has 0 bridgehead atoms. The zero-order chi connectivity index (χ0) is 22.5. The van der Waals surface area contributed by atoms with Gasteiger partial charge in [0.2, 0.25) is 6.79 Å². The molecule has 180 valence electrons. The number of aryl methyl sites for hydroxylation is 1. The first kappa shape index (κ1) is 24.0. The van der Waals surface area contributed by atoms with Crippen molar-refractivity contribution < 1.29 is 18.9 Å². The number of hydrogen-bond donors (Lipinski definition) is 2. The number of aliphatic imine (C=N–C) groups is 1. The maximum absolute atomic E-state index is 5.82. The van der Waals surface area contributed by atoms with Gasteiger partial charge in [0.25, 0.3) is 0 Å². The van der Waals surface area contributed by atoms with Gasteiger partial charge < -0.3 is 29.6 Å². The molecule has 0 saturated carbocycles.